The van der Waals surface area contributed by atoms with Crippen molar-refractivity contribution in [3.63, 3.8) is 0 Å². The Kier molecular flexibility index (Phi) is 5.38. The van der Waals surface area contributed by atoms with Gasteiger partial charge in [-0.15, -0.1) is 0 Å². The van der Waals surface area contributed by atoms with Gasteiger partial charge in [0.15, 0.2) is 0 Å². The Hall–Kier alpha value is -0.180. The van der Waals surface area contributed by atoms with Gasteiger partial charge in [-0.2, -0.15) is 12.6 Å². The number of hydrogen-bond donors (Lipinski definition) is 1. The Bertz CT molecular complexity index is 127. The van der Waals surface area contributed by atoms with Gasteiger partial charge in [0, 0.05) is 24.8 Å². The Balaban J connectivity index is 0.000000461. The van der Waals surface area contributed by atoms with Crippen LogP contribution in [-0.2, 0) is 4.79 Å². The Morgan fingerprint density at radius 1 is 1.64 bits per heavy atom. The highest BCUT2D eigenvalue weighted by Gasteiger charge is 2.24. The predicted octanol–water partition coefficient (Wildman–Crippen LogP) is 1.56. The zero-order chi connectivity index (χ0) is 8.85. The summed E-state index contributed by atoms with van der Waals surface area (Å²) in [5, 5.41) is 0.275. The third-order valence-electron chi connectivity index (χ3n) is 1.58. The van der Waals surface area contributed by atoms with Crippen LogP contribution in [0, 0.1) is 0 Å². The summed E-state index contributed by atoms with van der Waals surface area (Å²) in [5.74, 6) is 0.248. The van der Waals surface area contributed by atoms with Crippen LogP contribution in [0.2, 0.25) is 0 Å². The van der Waals surface area contributed by atoms with E-state index < -0.39 is 0 Å². The molecule has 0 radical (unpaired) electrons. The van der Waals surface area contributed by atoms with E-state index >= 15 is 0 Å². The largest absolute Gasteiger partial charge is 0.342 e. The second-order valence-electron chi connectivity index (χ2n) is 2.29. The molecule has 1 unspecified atom stereocenters. The van der Waals surface area contributed by atoms with Gasteiger partial charge in [0.2, 0.25) is 5.91 Å². The molecule has 0 saturated carbocycles. The molecular weight excluding hydrogens is 158 g/mol. The number of carbonyl (C=O) groups is 1. The van der Waals surface area contributed by atoms with E-state index in [0.29, 0.717) is 6.42 Å². The molecule has 1 rings (SSSR count). The molecular formula is C8H17NOS. The average Bonchev–Trinajstić information content (AvgIpc) is 2.33. The molecule has 0 aromatic rings. The van der Waals surface area contributed by atoms with Gasteiger partial charge < -0.3 is 4.90 Å². The van der Waals surface area contributed by atoms with E-state index in [1.165, 1.54) is 0 Å². The fourth-order valence-electron chi connectivity index (χ4n) is 1.06. The predicted molar refractivity (Wildman–Crippen MR) is 51.0 cm³/mol. The number of hydrogen-bond acceptors (Lipinski definition) is 2. The third-order valence-corrected chi connectivity index (χ3v) is 1.92. The average molecular weight is 175 g/mol. The van der Waals surface area contributed by atoms with Crippen LogP contribution in [0.1, 0.15) is 27.2 Å². The van der Waals surface area contributed by atoms with Gasteiger partial charge in [-0.05, 0) is 6.92 Å². The van der Waals surface area contributed by atoms with Crippen molar-refractivity contribution < 1.29 is 4.79 Å². The van der Waals surface area contributed by atoms with Crippen LogP contribution < -0.4 is 0 Å². The lowest BCUT2D eigenvalue weighted by Gasteiger charge is -2.10. The van der Waals surface area contributed by atoms with Crippen molar-refractivity contribution in [1.29, 1.82) is 0 Å². The maximum atomic E-state index is 10.9. The van der Waals surface area contributed by atoms with Crippen molar-refractivity contribution in [1.82, 2.24) is 4.90 Å². The van der Waals surface area contributed by atoms with Crippen LogP contribution in [0.5, 0.6) is 0 Å². The summed E-state index contributed by atoms with van der Waals surface area (Å²) in [4.78, 5) is 12.7. The molecule has 0 N–H and O–H groups in total. The lowest BCUT2D eigenvalue weighted by atomic mass is 10.4. The lowest BCUT2D eigenvalue weighted by molar-refractivity contribution is -0.127. The fraction of sp³-hybridized carbons (Fsp3) is 0.875. The van der Waals surface area contributed by atoms with E-state index in [4.69, 9.17) is 0 Å². The zero-order valence-electron chi connectivity index (χ0n) is 7.50. The molecule has 11 heavy (non-hydrogen) atoms. The molecule has 1 heterocycles. The van der Waals surface area contributed by atoms with Gasteiger partial charge in [-0.3, -0.25) is 4.79 Å². The molecule has 0 aliphatic carbocycles. The molecule has 1 aliphatic rings. The van der Waals surface area contributed by atoms with E-state index in [1.54, 1.807) is 0 Å². The van der Waals surface area contributed by atoms with Crippen molar-refractivity contribution in [3.05, 3.63) is 0 Å². The Morgan fingerprint density at radius 2 is 2.18 bits per heavy atom. The van der Waals surface area contributed by atoms with E-state index in [0.717, 1.165) is 13.1 Å². The number of thiol groups is 1. The molecule has 1 saturated heterocycles. The minimum Gasteiger partial charge on any atom is -0.342 e. The van der Waals surface area contributed by atoms with E-state index in [1.807, 2.05) is 25.7 Å². The van der Waals surface area contributed by atoms with Gasteiger partial charge in [0.05, 0.1) is 0 Å². The Morgan fingerprint density at radius 3 is 2.36 bits per heavy atom. The first-order valence-electron chi connectivity index (χ1n) is 4.20. The second-order valence-corrected chi connectivity index (χ2v) is 3.02. The first-order valence-corrected chi connectivity index (χ1v) is 4.71. The molecule has 1 atom stereocenters. The zero-order valence-corrected chi connectivity index (χ0v) is 8.40. The number of amides is 1. The van der Waals surface area contributed by atoms with Crippen LogP contribution in [-0.4, -0.2) is 29.1 Å². The first-order chi connectivity index (χ1) is 5.24. The molecule has 1 fully saturated rings. The molecule has 1 aliphatic heterocycles. The topological polar surface area (TPSA) is 20.3 Å². The van der Waals surface area contributed by atoms with E-state index in [9.17, 15) is 4.79 Å². The minimum atomic E-state index is 0.248. The number of carbonyl (C=O) groups excluding carboxylic acids is 1. The van der Waals surface area contributed by atoms with Gasteiger partial charge >= 0.3 is 0 Å². The van der Waals surface area contributed by atoms with Gasteiger partial charge in [0.25, 0.3) is 0 Å². The summed E-state index contributed by atoms with van der Waals surface area (Å²) in [6.45, 7) is 7.65. The molecule has 0 aromatic heterocycles. The molecule has 0 aromatic carbocycles. The quantitative estimate of drug-likeness (QED) is 0.600. The number of rotatable bonds is 1. The summed E-state index contributed by atoms with van der Waals surface area (Å²) in [6.07, 6.45) is 0.622. The van der Waals surface area contributed by atoms with Crippen molar-refractivity contribution in [2.75, 3.05) is 13.1 Å². The molecule has 2 nitrogen and oxygen atoms in total. The number of nitrogens with zero attached hydrogens (tertiary/aromatic N) is 1. The van der Waals surface area contributed by atoms with Crippen molar-refractivity contribution >= 4 is 18.5 Å². The first kappa shape index (κ1) is 10.8. The highest BCUT2D eigenvalue weighted by atomic mass is 32.1. The van der Waals surface area contributed by atoms with Crippen LogP contribution in [0.4, 0.5) is 0 Å². The van der Waals surface area contributed by atoms with Gasteiger partial charge in [0.1, 0.15) is 0 Å². The summed E-state index contributed by atoms with van der Waals surface area (Å²) in [5.41, 5.74) is 0. The summed E-state index contributed by atoms with van der Waals surface area (Å²) >= 11 is 4.20. The van der Waals surface area contributed by atoms with Crippen molar-refractivity contribution in [2.45, 2.75) is 32.4 Å². The van der Waals surface area contributed by atoms with Crippen molar-refractivity contribution in [3.8, 4) is 0 Å². The standard InChI is InChI=1S/C6H11NOS.C2H6/c1-2-7-4-5(9)3-6(7)8;1-2/h5,9H,2-4H2,1H3;1-2H3. The Labute approximate surface area is 74.4 Å². The van der Waals surface area contributed by atoms with Crippen LogP contribution in [0.15, 0.2) is 0 Å². The second kappa shape index (κ2) is 5.47. The van der Waals surface area contributed by atoms with E-state index in [-0.39, 0.29) is 11.2 Å². The maximum Gasteiger partial charge on any atom is 0.223 e. The van der Waals surface area contributed by atoms with E-state index in [2.05, 4.69) is 12.6 Å². The van der Waals surface area contributed by atoms with Crippen LogP contribution >= 0.6 is 12.6 Å². The monoisotopic (exact) mass is 175 g/mol. The summed E-state index contributed by atoms with van der Waals surface area (Å²) < 4.78 is 0. The minimum absolute atomic E-state index is 0.248. The van der Waals surface area contributed by atoms with Crippen molar-refractivity contribution in [2.24, 2.45) is 0 Å². The van der Waals surface area contributed by atoms with Crippen LogP contribution in [0.25, 0.3) is 0 Å². The maximum absolute atomic E-state index is 10.9. The van der Waals surface area contributed by atoms with Crippen LogP contribution in [0.3, 0.4) is 0 Å². The summed E-state index contributed by atoms with van der Waals surface area (Å²) in [6, 6.07) is 0. The normalized spacial score (nSPS) is 23.1. The molecule has 0 spiro atoms. The summed E-state index contributed by atoms with van der Waals surface area (Å²) in [7, 11) is 0. The van der Waals surface area contributed by atoms with Gasteiger partial charge in [-0.25, -0.2) is 0 Å². The highest BCUT2D eigenvalue weighted by molar-refractivity contribution is 7.81. The van der Waals surface area contributed by atoms with Gasteiger partial charge in [-0.1, -0.05) is 13.8 Å². The molecule has 66 valence electrons. The lowest BCUT2D eigenvalue weighted by Crippen LogP contribution is -2.24. The highest BCUT2D eigenvalue weighted by Crippen LogP contribution is 2.14. The smallest absolute Gasteiger partial charge is 0.223 e. The number of likely N-dealkylation sites (tertiary alicyclic amines) is 1. The molecule has 1 amide bonds. The molecule has 3 heteroatoms. The molecule has 0 bridgehead atoms. The third kappa shape index (κ3) is 3.14. The SMILES string of the molecule is CC.CCN1CC(S)CC1=O. The fourth-order valence-corrected chi connectivity index (χ4v) is 1.41.